The highest BCUT2D eigenvalue weighted by Crippen LogP contribution is 2.37. The van der Waals surface area contributed by atoms with E-state index in [-0.39, 0.29) is 10.6 Å². The maximum atomic E-state index is 13.3. The molecule has 0 bridgehead atoms. The molecule has 0 aliphatic rings. The molecule has 0 fully saturated rings. The molecule has 1 atom stereocenters. The molecule has 0 aromatic heterocycles. The first kappa shape index (κ1) is 14.5. The van der Waals surface area contributed by atoms with E-state index in [4.69, 9.17) is 4.74 Å². The summed E-state index contributed by atoms with van der Waals surface area (Å²) < 4.78 is 19.4. The van der Waals surface area contributed by atoms with E-state index in [2.05, 4.69) is 31.9 Å². The van der Waals surface area contributed by atoms with Gasteiger partial charge in [-0.25, -0.2) is 4.39 Å². The summed E-state index contributed by atoms with van der Waals surface area (Å²) in [5, 5.41) is 0. The standard InChI is InChI=1S/C15H13Br2FO/c1-9-7-10(3-6-14(9)18)15(17)12-5-4-11(19-2)8-13(12)16/h3-8,15H,1-2H3. The Morgan fingerprint density at radius 3 is 2.47 bits per heavy atom. The van der Waals surface area contributed by atoms with E-state index in [1.165, 1.54) is 6.07 Å². The van der Waals surface area contributed by atoms with Crippen molar-refractivity contribution in [3.05, 3.63) is 63.4 Å². The van der Waals surface area contributed by atoms with Gasteiger partial charge in [0.25, 0.3) is 0 Å². The van der Waals surface area contributed by atoms with Gasteiger partial charge >= 0.3 is 0 Å². The molecule has 0 saturated carbocycles. The lowest BCUT2D eigenvalue weighted by Gasteiger charge is -2.14. The van der Waals surface area contributed by atoms with Crippen LogP contribution in [0.5, 0.6) is 5.75 Å². The van der Waals surface area contributed by atoms with Gasteiger partial charge in [0, 0.05) is 4.47 Å². The van der Waals surface area contributed by atoms with Crippen molar-refractivity contribution in [3.8, 4) is 5.75 Å². The number of halogens is 3. The summed E-state index contributed by atoms with van der Waals surface area (Å²) in [5.41, 5.74) is 2.74. The monoisotopic (exact) mass is 386 g/mol. The third kappa shape index (κ3) is 3.18. The number of ether oxygens (including phenoxy) is 1. The molecule has 0 heterocycles. The lowest BCUT2D eigenvalue weighted by atomic mass is 10.0. The molecule has 100 valence electrons. The molecule has 0 N–H and O–H groups in total. The molecule has 2 rings (SSSR count). The first-order valence-corrected chi connectivity index (χ1v) is 7.47. The summed E-state index contributed by atoms with van der Waals surface area (Å²) in [6.45, 7) is 1.77. The number of hydrogen-bond acceptors (Lipinski definition) is 1. The summed E-state index contributed by atoms with van der Waals surface area (Å²) in [5.74, 6) is 0.614. The largest absolute Gasteiger partial charge is 0.497 e. The van der Waals surface area contributed by atoms with Gasteiger partial charge in [-0.2, -0.15) is 0 Å². The minimum absolute atomic E-state index is 0.00656. The van der Waals surface area contributed by atoms with E-state index in [0.29, 0.717) is 5.56 Å². The Balaban J connectivity index is 2.38. The zero-order chi connectivity index (χ0) is 14.0. The van der Waals surface area contributed by atoms with E-state index in [1.54, 1.807) is 20.1 Å². The molecule has 0 amide bonds. The lowest BCUT2D eigenvalue weighted by Crippen LogP contribution is -1.96. The molecule has 1 nitrogen and oxygen atoms in total. The molecule has 0 spiro atoms. The maximum Gasteiger partial charge on any atom is 0.126 e. The number of aryl methyl sites for hydroxylation is 1. The highest BCUT2D eigenvalue weighted by Gasteiger charge is 2.15. The predicted molar refractivity (Wildman–Crippen MR) is 82.6 cm³/mol. The third-order valence-corrected chi connectivity index (χ3v) is 4.66. The Morgan fingerprint density at radius 2 is 1.89 bits per heavy atom. The van der Waals surface area contributed by atoms with E-state index < -0.39 is 0 Å². The molecule has 0 saturated heterocycles. The van der Waals surface area contributed by atoms with Crippen LogP contribution in [0.4, 0.5) is 4.39 Å². The fraction of sp³-hybridized carbons (Fsp3) is 0.200. The fourth-order valence-corrected chi connectivity index (χ4v) is 3.42. The molecule has 4 heteroatoms. The Hall–Kier alpha value is -0.870. The summed E-state index contributed by atoms with van der Waals surface area (Å²) in [6.07, 6.45) is 0. The maximum absolute atomic E-state index is 13.3. The van der Waals surface area contributed by atoms with Crippen LogP contribution in [-0.2, 0) is 0 Å². The number of rotatable bonds is 3. The van der Waals surface area contributed by atoms with Crippen molar-refractivity contribution < 1.29 is 9.13 Å². The fourth-order valence-electron chi connectivity index (χ4n) is 1.85. The van der Waals surface area contributed by atoms with E-state index in [1.807, 2.05) is 24.3 Å². The molecule has 0 aliphatic carbocycles. The Morgan fingerprint density at radius 1 is 1.16 bits per heavy atom. The van der Waals surface area contributed by atoms with Gasteiger partial charge in [0.15, 0.2) is 0 Å². The first-order chi connectivity index (χ1) is 9.02. The molecule has 19 heavy (non-hydrogen) atoms. The van der Waals surface area contributed by atoms with Crippen LogP contribution in [0.2, 0.25) is 0 Å². The van der Waals surface area contributed by atoms with Crippen molar-refractivity contribution >= 4 is 31.9 Å². The van der Waals surface area contributed by atoms with Gasteiger partial charge in [0.2, 0.25) is 0 Å². The highest BCUT2D eigenvalue weighted by molar-refractivity contribution is 9.11. The SMILES string of the molecule is COc1ccc(C(Br)c2ccc(F)c(C)c2)c(Br)c1. The number of hydrogen-bond donors (Lipinski definition) is 0. The van der Waals surface area contributed by atoms with Crippen LogP contribution in [0.3, 0.4) is 0 Å². The van der Waals surface area contributed by atoms with Crippen molar-refractivity contribution in [1.29, 1.82) is 0 Å². The van der Waals surface area contributed by atoms with Crippen molar-refractivity contribution in [3.63, 3.8) is 0 Å². The highest BCUT2D eigenvalue weighted by atomic mass is 79.9. The zero-order valence-corrected chi connectivity index (χ0v) is 13.8. The molecule has 0 aliphatic heterocycles. The second-order valence-electron chi connectivity index (χ2n) is 4.26. The van der Waals surface area contributed by atoms with Gasteiger partial charge in [-0.1, -0.05) is 50.1 Å². The number of alkyl halides is 1. The number of methoxy groups -OCH3 is 1. The topological polar surface area (TPSA) is 9.23 Å². The Bertz CT molecular complexity index is 599. The smallest absolute Gasteiger partial charge is 0.126 e. The van der Waals surface area contributed by atoms with E-state index in [9.17, 15) is 4.39 Å². The minimum Gasteiger partial charge on any atom is -0.497 e. The minimum atomic E-state index is -0.183. The predicted octanol–water partition coefficient (Wildman–Crippen LogP) is 5.39. The van der Waals surface area contributed by atoms with Crippen LogP contribution in [0.15, 0.2) is 40.9 Å². The van der Waals surface area contributed by atoms with Crippen LogP contribution < -0.4 is 4.74 Å². The van der Waals surface area contributed by atoms with Gasteiger partial charge in [-0.15, -0.1) is 0 Å². The van der Waals surface area contributed by atoms with E-state index in [0.717, 1.165) is 21.3 Å². The summed E-state index contributed by atoms with van der Waals surface area (Å²) in [4.78, 5) is 0.00656. The summed E-state index contributed by atoms with van der Waals surface area (Å²) >= 11 is 7.19. The zero-order valence-electron chi connectivity index (χ0n) is 10.6. The Kier molecular flexibility index (Phi) is 4.63. The van der Waals surface area contributed by atoms with E-state index >= 15 is 0 Å². The van der Waals surface area contributed by atoms with Gasteiger partial charge in [0.05, 0.1) is 11.9 Å². The van der Waals surface area contributed by atoms with Crippen molar-refractivity contribution in [2.45, 2.75) is 11.8 Å². The van der Waals surface area contributed by atoms with Crippen molar-refractivity contribution in [2.75, 3.05) is 7.11 Å². The molecule has 1 unspecified atom stereocenters. The summed E-state index contributed by atoms with van der Waals surface area (Å²) in [7, 11) is 1.64. The van der Waals surface area contributed by atoms with Gasteiger partial charge in [-0.3, -0.25) is 0 Å². The van der Waals surface area contributed by atoms with Crippen LogP contribution in [0, 0.1) is 12.7 Å². The number of benzene rings is 2. The molecule has 2 aromatic rings. The molecular weight excluding hydrogens is 375 g/mol. The average molecular weight is 388 g/mol. The second kappa shape index (κ2) is 6.06. The van der Waals surface area contributed by atoms with Crippen molar-refractivity contribution in [2.24, 2.45) is 0 Å². The van der Waals surface area contributed by atoms with Gasteiger partial charge in [0.1, 0.15) is 11.6 Å². The summed E-state index contributed by atoms with van der Waals surface area (Å²) in [6, 6.07) is 11.0. The molecule has 2 aromatic carbocycles. The Labute approximate surface area is 129 Å². The van der Waals surface area contributed by atoms with Crippen LogP contribution >= 0.6 is 31.9 Å². The molecule has 0 radical (unpaired) electrons. The lowest BCUT2D eigenvalue weighted by molar-refractivity contribution is 0.414. The average Bonchev–Trinajstić information content (AvgIpc) is 2.41. The van der Waals surface area contributed by atoms with Crippen LogP contribution in [0.25, 0.3) is 0 Å². The normalized spacial score (nSPS) is 12.3. The van der Waals surface area contributed by atoms with Crippen LogP contribution in [0.1, 0.15) is 21.5 Å². The second-order valence-corrected chi connectivity index (χ2v) is 6.03. The first-order valence-electron chi connectivity index (χ1n) is 5.76. The van der Waals surface area contributed by atoms with Gasteiger partial charge < -0.3 is 4.74 Å². The third-order valence-electron chi connectivity index (χ3n) is 2.96. The molecular formula is C15H13Br2FO. The van der Waals surface area contributed by atoms with Crippen LogP contribution in [-0.4, -0.2) is 7.11 Å². The van der Waals surface area contributed by atoms with Gasteiger partial charge in [-0.05, 0) is 41.8 Å². The quantitative estimate of drug-likeness (QED) is 0.641. The van der Waals surface area contributed by atoms with Crippen molar-refractivity contribution in [1.82, 2.24) is 0 Å².